The molecule has 1 aromatic heterocycles. The SMILES string of the molecule is CCc1ccoc1O.O=C1OC=CC1O. The van der Waals surface area contributed by atoms with E-state index in [0.717, 1.165) is 12.0 Å². The van der Waals surface area contributed by atoms with E-state index in [4.69, 9.17) is 10.2 Å². The van der Waals surface area contributed by atoms with Crippen LogP contribution in [-0.4, -0.2) is 22.3 Å². The van der Waals surface area contributed by atoms with Gasteiger partial charge in [-0.15, -0.1) is 0 Å². The van der Waals surface area contributed by atoms with Gasteiger partial charge in [-0.1, -0.05) is 6.92 Å². The van der Waals surface area contributed by atoms with E-state index >= 15 is 0 Å². The zero-order valence-corrected chi connectivity index (χ0v) is 8.21. The van der Waals surface area contributed by atoms with Crippen molar-refractivity contribution in [2.75, 3.05) is 0 Å². The molecular formula is C10H12O5. The minimum Gasteiger partial charge on any atom is -0.481 e. The number of cyclic esters (lactones) is 1. The van der Waals surface area contributed by atoms with Crippen LogP contribution in [0.4, 0.5) is 0 Å². The molecule has 5 nitrogen and oxygen atoms in total. The van der Waals surface area contributed by atoms with Crippen molar-refractivity contribution in [2.24, 2.45) is 0 Å². The van der Waals surface area contributed by atoms with Crippen LogP contribution in [0.3, 0.4) is 0 Å². The number of carbonyl (C=O) groups excluding carboxylic acids is 1. The summed E-state index contributed by atoms with van der Waals surface area (Å²) in [5.41, 5.74) is 0.866. The largest absolute Gasteiger partial charge is 0.481 e. The molecule has 15 heavy (non-hydrogen) atoms. The first-order valence-corrected chi connectivity index (χ1v) is 4.45. The molecular weight excluding hydrogens is 200 g/mol. The van der Waals surface area contributed by atoms with Crippen LogP contribution in [0.25, 0.3) is 0 Å². The van der Waals surface area contributed by atoms with Gasteiger partial charge in [0.2, 0.25) is 0 Å². The molecule has 0 amide bonds. The van der Waals surface area contributed by atoms with Gasteiger partial charge in [0.15, 0.2) is 6.10 Å². The smallest absolute Gasteiger partial charge is 0.343 e. The average molecular weight is 212 g/mol. The van der Waals surface area contributed by atoms with Gasteiger partial charge in [0.25, 0.3) is 5.95 Å². The molecule has 2 N–H and O–H groups in total. The number of aryl methyl sites for hydroxylation is 1. The number of carbonyl (C=O) groups is 1. The minimum absolute atomic E-state index is 0.0486. The lowest BCUT2D eigenvalue weighted by Crippen LogP contribution is -2.12. The predicted molar refractivity (Wildman–Crippen MR) is 51.0 cm³/mol. The summed E-state index contributed by atoms with van der Waals surface area (Å²) in [6.07, 6.45) is 3.73. The third kappa shape index (κ3) is 3.14. The number of hydrogen-bond donors (Lipinski definition) is 2. The first-order valence-electron chi connectivity index (χ1n) is 4.45. The second kappa shape index (κ2) is 5.21. The monoisotopic (exact) mass is 212 g/mol. The van der Waals surface area contributed by atoms with E-state index in [1.54, 1.807) is 6.07 Å². The summed E-state index contributed by atoms with van der Waals surface area (Å²) in [6.45, 7) is 1.96. The van der Waals surface area contributed by atoms with Crippen LogP contribution in [-0.2, 0) is 16.0 Å². The second-order valence-electron chi connectivity index (χ2n) is 2.81. The Kier molecular flexibility index (Phi) is 3.93. The molecule has 0 bridgehead atoms. The first-order chi connectivity index (χ1) is 7.15. The van der Waals surface area contributed by atoms with Crippen molar-refractivity contribution in [1.29, 1.82) is 0 Å². The molecule has 1 aliphatic rings. The van der Waals surface area contributed by atoms with Gasteiger partial charge < -0.3 is 19.4 Å². The van der Waals surface area contributed by atoms with Crippen molar-refractivity contribution in [2.45, 2.75) is 19.4 Å². The molecule has 0 aliphatic carbocycles. The molecule has 0 aromatic carbocycles. The molecule has 0 radical (unpaired) electrons. The third-order valence-electron chi connectivity index (χ3n) is 1.79. The van der Waals surface area contributed by atoms with E-state index in [0.29, 0.717) is 0 Å². The quantitative estimate of drug-likeness (QED) is 0.678. The maximum Gasteiger partial charge on any atom is 0.343 e. The Labute approximate surface area is 86.6 Å². The van der Waals surface area contributed by atoms with E-state index < -0.39 is 12.1 Å². The number of rotatable bonds is 1. The molecule has 2 rings (SSSR count). The number of esters is 1. The highest BCUT2D eigenvalue weighted by atomic mass is 16.5. The van der Waals surface area contributed by atoms with Crippen LogP contribution < -0.4 is 0 Å². The molecule has 0 saturated heterocycles. The molecule has 82 valence electrons. The lowest BCUT2D eigenvalue weighted by Gasteiger charge is -1.88. The summed E-state index contributed by atoms with van der Waals surface area (Å²) in [6, 6.07) is 1.76. The number of aromatic hydroxyl groups is 1. The minimum atomic E-state index is -1.03. The van der Waals surface area contributed by atoms with Gasteiger partial charge in [-0.2, -0.15) is 0 Å². The Morgan fingerprint density at radius 2 is 2.27 bits per heavy atom. The highest BCUT2D eigenvalue weighted by Crippen LogP contribution is 2.16. The highest BCUT2D eigenvalue weighted by Gasteiger charge is 2.16. The van der Waals surface area contributed by atoms with Crippen molar-refractivity contribution >= 4 is 5.97 Å². The number of ether oxygens (including phenoxy) is 1. The molecule has 1 atom stereocenters. The number of aliphatic hydroxyl groups is 1. The lowest BCUT2D eigenvalue weighted by atomic mass is 10.3. The molecule has 2 heterocycles. The Bertz CT molecular complexity index is 352. The molecule has 1 aliphatic heterocycles. The molecule has 1 unspecified atom stereocenters. The molecule has 0 saturated carbocycles. The van der Waals surface area contributed by atoms with Crippen LogP contribution >= 0.6 is 0 Å². The summed E-state index contributed by atoms with van der Waals surface area (Å²) in [5, 5.41) is 17.2. The number of hydrogen-bond acceptors (Lipinski definition) is 5. The normalized spacial score (nSPS) is 18.3. The standard InChI is InChI=1S/C6H8O2.C4H4O3/c1-2-5-3-4-8-6(5)7;5-3-1-2-7-4(3)6/h3-4,7H,2H2,1H3;1-3,5H. The lowest BCUT2D eigenvalue weighted by molar-refractivity contribution is -0.142. The summed E-state index contributed by atoms with van der Waals surface area (Å²) in [4.78, 5) is 10.0. The summed E-state index contributed by atoms with van der Waals surface area (Å²) in [7, 11) is 0. The van der Waals surface area contributed by atoms with Gasteiger partial charge in [-0.3, -0.25) is 0 Å². The van der Waals surface area contributed by atoms with Gasteiger partial charge >= 0.3 is 5.97 Å². The van der Waals surface area contributed by atoms with Crippen molar-refractivity contribution in [3.05, 3.63) is 30.2 Å². The fraction of sp³-hybridized carbons (Fsp3) is 0.300. The second-order valence-corrected chi connectivity index (χ2v) is 2.81. The van der Waals surface area contributed by atoms with Gasteiger partial charge in [0.1, 0.15) is 0 Å². The maximum atomic E-state index is 10.0. The zero-order valence-electron chi connectivity index (χ0n) is 8.21. The van der Waals surface area contributed by atoms with E-state index in [1.807, 2.05) is 6.92 Å². The fourth-order valence-corrected chi connectivity index (χ4v) is 0.926. The van der Waals surface area contributed by atoms with E-state index in [2.05, 4.69) is 9.15 Å². The molecule has 0 spiro atoms. The van der Waals surface area contributed by atoms with E-state index in [9.17, 15) is 4.79 Å². The van der Waals surface area contributed by atoms with Crippen molar-refractivity contribution in [1.82, 2.24) is 0 Å². The van der Waals surface area contributed by atoms with Crippen LogP contribution in [0.1, 0.15) is 12.5 Å². The van der Waals surface area contributed by atoms with Gasteiger partial charge in [-0.25, -0.2) is 4.79 Å². The zero-order chi connectivity index (χ0) is 11.3. The van der Waals surface area contributed by atoms with Crippen LogP contribution in [0.15, 0.2) is 29.1 Å². The third-order valence-corrected chi connectivity index (χ3v) is 1.79. The van der Waals surface area contributed by atoms with Gasteiger partial charge in [0, 0.05) is 5.56 Å². The van der Waals surface area contributed by atoms with E-state index in [1.165, 1.54) is 18.6 Å². The first kappa shape index (κ1) is 11.3. The summed E-state index contributed by atoms with van der Waals surface area (Å²) in [5.74, 6) is -0.549. The van der Waals surface area contributed by atoms with Gasteiger partial charge in [-0.05, 0) is 18.6 Å². The fourth-order valence-electron chi connectivity index (χ4n) is 0.926. The highest BCUT2D eigenvalue weighted by molar-refractivity contribution is 5.79. The number of furan rings is 1. The Hall–Kier alpha value is -1.75. The van der Waals surface area contributed by atoms with Crippen LogP contribution in [0.2, 0.25) is 0 Å². The topological polar surface area (TPSA) is 79.9 Å². The Morgan fingerprint density at radius 1 is 1.53 bits per heavy atom. The van der Waals surface area contributed by atoms with Crippen molar-refractivity contribution in [3.8, 4) is 5.95 Å². The summed E-state index contributed by atoms with van der Waals surface area (Å²) < 4.78 is 8.81. The van der Waals surface area contributed by atoms with Crippen LogP contribution in [0.5, 0.6) is 5.95 Å². The Balaban J connectivity index is 0.000000151. The average Bonchev–Trinajstić information content (AvgIpc) is 2.78. The number of aliphatic hydroxyl groups excluding tert-OH is 1. The maximum absolute atomic E-state index is 10.0. The van der Waals surface area contributed by atoms with Crippen LogP contribution in [0, 0.1) is 0 Å². The molecule has 0 fully saturated rings. The van der Waals surface area contributed by atoms with Crippen molar-refractivity contribution in [3.63, 3.8) is 0 Å². The predicted octanol–water partition coefficient (Wildman–Crippen LogP) is 0.965. The Morgan fingerprint density at radius 3 is 2.47 bits per heavy atom. The van der Waals surface area contributed by atoms with E-state index in [-0.39, 0.29) is 5.95 Å². The van der Waals surface area contributed by atoms with Gasteiger partial charge in [0.05, 0.1) is 12.5 Å². The molecule has 5 heteroatoms. The summed E-state index contributed by atoms with van der Waals surface area (Å²) >= 11 is 0. The molecule has 1 aromatic rings. The van der Waals surface area contributed by atoms with Crippen molar-refractivity contribution < 1.29 is 24.2 Å².